The summed E-state index contributed by atoms with van der Waals surface area (Å²) in [6.07, 6.45) is 2.13. The van der Waals surface area contributed by atoms with Gasteiger partial charge in [0.05, 0.1) is 6.61 Å². The number of piperazine rings is 1. The highest BCUT2D eigenvalue weighted by atomic mass is 16.5. The lowest BCUT2D eigenvalue weighted by Gasteiger charge is -2.46. The summed E-state index contributed by atoms with van der Waals surface area (Å²) in [6, 6.07) is 9.28. The van der Waals surface area contributed by atoms with E-state index >= 15 is 0 Å². The van der Waals surface area contributed by atoms with Gasteiger partial charge >= 0.3 is 0 Å². The van der Waals surface area contributed by atoms with Crippen LogP contribution in [0.15, 0.2) is 24.3 Å². The Kier molecular flexibility index (Phi) is 5.06. The first-order valence-electron chi connectivity index (χ1n) is 7.68. The van der Waals surface area contributed by atoms with Gasteiger partial charge in [-0.25, -0.2) is 0 Å². The predicted molar refractivity (Wildman–Crippen MR) is 85.5 cm³/mol. The van der Waals surface area contributed by atoms with E-state index in [0.29, 0.717) is 6.04 Å². The van der Waals surface area contributed by atoms with Crippen LogP contribution in [0.25, 0.3) is 0 Å². The Hall–Kier alpha value is -1.06. The molecule has 2 rings (SSSR count). The zero-order chi connectivity index (χ0) is 14.6. The maximum atomic E-state index is 5.25. The van der Waals surface area contributed by atoms with Crippen LogP contribution in [0.3, 0.4) is 0 Å². The van der Waals surface area contributed by atoms with Gasteiger partial charge in [0.1, 0.15) is 0 Å². The number of benzene rings is 1. The minimum Gasteiger partial charge on any atom is -0.384 e. The molecule has 1 aliphatic rings. The van der Waals surface area contributed by atoms with Gasteiger partial charge in [-0.15, -0.1) is 0 Å². The normalized spacial score (nSPS) is 26.8. The Morgan fingerprint density at radius 3 is 2.85 bits per heavy atom. The highest BCUT2D eigenvalue weighted by molar-refractivity contribution is 5.55. The van der Waals surface area contributed by atoms with E-state index in [0.717, 1.165) is 32.5 Å². The molecule has 20 heavy (non-hydrogen) atoms. The molecule has 1 aromatic rings. The van der Waals surface area contributed by atoms with Crippen LogP contribution in [0.2, 0.25) is 0 Å². The van der Waals surface area contributed by atoms with Gasteiger partial charge in [0.15, 0.2) is 0 Å². The van der Waals surface area contributed by atoms with Crippen molar-refractivity contribution >= 4 is 5.69 Å². The number of nitrogens with zero attached hydrogens (tertiary/aromatic N) is 1. The van der Waals surface area contributed by atoms with Crippen LogP contribution in [0.5, 0.6) is 0 Å². The number of methoxy groups -OCH3 is 1. The van der Waals surface area contributed by atoms with Gasteiger partial charge in [-0.3, -0.25) is 0 Å². The number of hydrogen-bond acceptors (Lipinski definition) is 3. The molecule has 3 nitrogen and oxygen atoms in total. The maximum Gasteiger partial charge on any atom is 0.0503 e. The first-order valence-corrected chi connectivity index (χ1v) is 7.68. The second kappa shape index (κ2) is 6.59. The second-order valence-corrected chi connectivity index (χ2v) is 6.14. The Balaban J connectivity index is 2.24. The third kappa shape index (κ3) is 3.33. The summed E-state index contributed by atoms with van der Waals surface area (Å²) >= 11 is 0. The highest BCUT2D eigenvalue weighted by Gasteiger charge is 2.33. The Labute approximate surface area is 123 Å². The lowest BCUT2D eigenvalue weighted by molar-refractivity contribution is 0.202. The smallest absolute Gasteiger partial charge is 0.0503 e. The molecule has 0 saturated carbocycles. The molecular weight excluding hydrogens is 248 g/mol. The van der Waals surface area contributed by atoms with E-state index < -0.39 is 0 Å². The SMILES string of the molecule is CCC1(C)CN(c2ccccc2CCOC)C(C)CN1. The molecule has 1 aromatic carbocycles. The van der Waals surface area contributed by atoms with Crippen LogP contribution in [0.1, 0.15) is 32.8 Å². The number of hydrogen-bond donors (Lipinski definition) is 1. The second-order valence-electron chi connectivity index (χ2n) is 6.14. The fourth-order valence-electron chi connectivity index (χ4n) is 2.87. The van der Waals surface area contributed by atoms with Crippen LogP contribution in [-0.4, -0.2) is 38.4 Å². The molecule has 1 N–H and O–H groups in total. The van der Waals surface area contributed by atoms with Gasteiger partial charge in [-0.05, 0) is 38.3 Å². The number of nitrogens with one attached hydrogen (secondary N) is 1. The van der Waals surface area contributed by atoms with Crippen molar-refractivity contribution in [1.29, 1.82) is 0 Å². The first kappa shape index (κ1) is 15.3. The van der Waals surface area contributed by atoms with Crippen LogP contribution >= 0.6 is 0 Å². The van der Waals surface area contributed by atoms with E-state index in [4.69, 9.17) is 4.74 Å². The summed E-state index contributed by atoms with van der Waals surface area (Å²) < 4.78 is 5.25. The Morgan fingerprint density at radius 1 is 1.40 bits per heavy atom. The van der Waals surface area contributed by atoms with E-state index in [9.17, 15) is 0 Å². The van der Waals surface area contributed by atoms with E-state index in [1.54, 1.807) is 7.11 Å². The topological polar surface area (TPSA) is 24.5 Å². The van der Waals surface area contributed by atoms with Crippen LogP contribution < -0.4 is 10.2 Å². The molecule has 3 heteroatoms. The minimum absolute atomic E-state index is 0.209. The van der Waals surface area contributed by atoms with Crippen molar-refractivity contribution in [3.05, 3.63) is 29.8 Å². The third-order valence-electron chi connectivity index (χ3n) is 4.53. The number of para-hydroxylation sites is 1. The molecule has 0 bridgehead atoms. The Morgan fingerprint density at radius 2 is 2.15 bits per heavy atom. The molecule has 1 saturated heterocycles. The molecule has 2 atom stereocenters. The van der Waals surface area contributed by atoms with E-state index in [1.807, 2.05) is 0 Å². The van der Waals surface area contributed by atoms with Crippen LogP contribution in [0.4, 0.5) is 5.69 Å². The van der Waals surface area contributed by atoms with Gasteiger partial charge in [-0.1, -0.05) is 25.1 Å². The van der Waals surface area contributed by atoms with Crippen molar-refractivity contribution < 1.29 is 4.74 Å². The van der Waals surface area contributed by atoms with Crippen LogP contribution in [-0.2, 0) is 11.2 Å². The third-order valence-corrected chi connectivity index (χ3v) is 4.53. The quantitative estimate of drug-likeness (QED) is 0.895. The summed E-state index contributed by atoms with van der Waals surface area (Å²) in [4.78, 5) is 2.56. The monoisotopic (exact) mass is 276 g/mol. The molecule has 0 spiro atoms. The molecule has 0 amide bonds. The Bertz CT molecular complexity index is 435. The predicted octanol–water partition coefficient (Wildman–Crippen LogP) is 2.84. The van der Waals surface area contributed by atoms with Gasteiger partial charge < -0.3 is 15.0 Å². The van der Waals surface area contributed by atoms with Gasteiger partial charge in [0.25, 0.3) is 0 Å². The van der Waals surface area contributed by atoms with E-state index in [-0.39, 0.29) is 5.54 Å². The molecular formula is C17H28N2O. The fraction of sp³-hybridized carbons (Fsp3) is 0.647. The lowest BCUT2D eigenvalue weighted by atomic mass is 9.92. The molecule has 112 valence electrons. The van der Waals surface area contributed by atoms with E-state index in [1.165, 1.54) is 11.3 Å². The van der Waals surface area contributed by atoms with Crippen molar-refractivity contribution in [2.75, 3.05) is 31.7 Å². The summed E-state index contributed by atoms with van der Waals surface area (Å²) in [5.74, 6) is 0. The summed E-state index contributed by atoms with van der Waals surface area (Å²) in [7, 11) is 1.77. The number of anilines is 1. The summed E-state index contributed by atoms with van der Waals surface area (Å²) in [5.41, 5.74) is 2.97. The lowest BCUT2D eigenvalue weighted by Crippen LogP contribution is -2.62. The van der Waals surface area contributed by atoms with Crippen molar-refractivity contribution in [1.82, 2.24) is 5.32 Å². The van der Waals surface area contributed by atoms with Crippen molar-refractivity contribution in [3.63, 3.8) is 0 Å². The van der Waals surface area contributed by atoms with Gasteiger partial charge in [-0.2, -0.15) is 0 Å². The van der Waals surface area contributed by atoms with Gasteiger partial charge in [0, 0.05) is 37.5 Å². The van der Waals surface area contributed by atoms with Crippen molar-refractivity contribution in [3.8, 4) is 0 Å². The summed E-state index contributed by atoms with van der Waals surface area (Å²) in [6.45, 7) is 9.77. The molecule has 0 radical (unpaired) electrons. The zero-order valence-corrected chi connectivity index (χ0v) is 13.3. The highest BCUT2D eigenvalue weighted by Crippen LogP contribution is 2.28. The standard InChI is InChI=1S/C17H28N2O/c1-5-17(3)13-19(14(2)12-18-17)16-9-7-6-8-15(16)10-11-20-4/h6-9,14,18H,5,10-13H2,1-4H3. The zero-order valence-electron chi connectivity index (χ0n) is 13.3. The largest absolute Gasteiger partial charge is 0.384 e. The van der Waals surface area contributed by atoms with Crippen molar-refractivity contribution in [2.45, 2.75) is 45.2 Å². The maximum absolute atomic E-state index is 5.25. The van der Waals surface area contributed by atoms with Gasteiger partial charge in [0.2, 0.25) is 0 Å². The molecule has 0 aliphatic carbocycles. The average Bonchev–Trinajstić information content (AvgIpc) is 2.48. The molecule has 0 aromatic heterocycles. The van der Waals surface area contributed by atoms with E-state index in [2.05, 4.69) is 55.3 Å². The molecule has 1 heterocycles. The van der Waals surface area contributed by atoms with Crippen molar-refractivity contribution in [2.24, 2.45) is 0 Å². The van der Waals surface area contributed by atoms with Crippen LogP contribution in [0, 0.1) is 0 Å². The fourth-order valence-corrected chi connectivity index (χ4v) is 2.87. The number of ether oxygens (including phenoxy) is 1. The molecule has 1 fully saturated rings. The molecule has 2 unspecified atom stereocenters. The number of rotatable bonds is 5. The summed E-state index contributed by atoms with van der Waals surface area (Å²) in [5, 5.41) is 3.69. The first-order chi connectivity index (χ1) is 9.59. The molecule has 1 aliphatic heterocycles. The average molecular weight is 276 g/mol. The minimum atomic E-state index is 0.209.